The molecule has 0 heterocycles. The smallest absolute Gasteiger partial charge is 0.387 e. The minimum absolute atomic E-state index is 0.0295. The van der Waals surface area contributed by atoms with Crippen LogP contribution in [-0.2, 0) is 16.1 Å². The van der Waals surface area contributed by atoms with Crippen molar-refractivity contribution in [1.82, 2.24) is 4.90 Å². The van der Waals surface area contributed by atoms with E-state index in [0.29, 0.717) is 11.6 Å². The van der Waals surface area contributed by atoms with E-state index in [2.05, 4.69) is 4.74 Å². The number of alkyl halides is 2. The number of ether oxygens (including phenoxy) is 3. The van der Waals surface area contributed by atoms with Gasteiger partial charge in [0.15, 0.2) is 18.1 Å². The highest BCUT2D eigenvalue weighted by molar-refractivity contribution is 5.96. The van der Waals surface area contributed by atoms with Crippen LogP contribution in [0.4, 0.5) is 18.9 Å². The summed E-state index contributed by atoms with van der Waals surface area (Å²) < 4.78 is 52.0. The Kier molecular flexibility index (Phi) is 7.77. The van der Waals surface area contributed by atoms with E-state index >= 15 is 0 Å². The quantitative estimate of drug-likeness (QED) is 0.333. The zero-order chi connectivity index (χ0) is 23.1. The SMILES string of the molecule is COc1cc(C(=O)OCC(=O)N(C)Cc2cccc(F)c2)c([N+](=O)[O-])cc1OC(F)F. The molecule has 0 radical (unpaired) electrons. The van der Waals surface area contributed by atoms with E-state index in [9.17, 15) is 32.9 Å². The molecule has 2 aromatic carbocycles. The Morgan fingerprint density at radius 1 is 1.19 bits per heavy atom. The molecule has 0 aliphatic heterocycles. The number of nitro groups is 1. The van der Waals surface area contributed by atoms with Gasteiger partial charge in [-0.25, -0.2) is 9.18 Å². The van der Waals surface area contributed by atoms with Gasteiger partial charge in [0.2, 0.25) is 0 Å². The predicted octanol–water partition coefficient (Wildman–Crippen LogP) is 3.16. The second kappa shape index (κ2) is 10.3. The van der Waals surface area contributed by atoms with Crippen LogP contribution in [0.3, 0.4) is 0 Å². The average molecular weight is 442 g/mol. The van der Waals surface area contributed by atoms with Gasteiger partial charge in [-0.1, -0.05) is 12.1 Å². The Labute approximate surface area is 174 Å². The first-order chi connectivity index (χ1) is 14.6. The van der Waals surface area contributed by atoms with Gasteiger partial charge < -0.3 is 19.1 Å². The number of hydrogen-bond donors (Lipinski definition) is 0. The lowest BCUT2D eigenvalue weighted by atomic mass is 10.1. The van der Waals surface area contributed by atoms with Crippen molar-refractivity contribution in [1.29, 1.82) is 0 Å². The number of nitro benzene ring substituents is 1. The Bertz CT molecular complexity index is 985. The molecule has 1 amide bonds. The van der Waals surface area contributed by atoms with E-state index in [0.717, 1.165) is 18.1 Å². The molecule has 2 rings (SSSR count). The Balaban J connectivity index is 2.13. The Hall–Kier alpha value is -3.83. The molecule has 0 spiro atoms. The molecule has 31 heavy (non-hydrogen) atoms. The van der Waals surface area contributed by atoms with Crippen molar-refractivity contribution in [3.63, 3.8) is 0 Å². The normalized spacial score (nSPS) is 10.5. The lowest BCUT2D eigenvalue weighted by Gasteiger charge is -2.17. The highest BCUT2D eigenvalue weighted by Gasteiger charge is 2.27. The standard InChI is InChI=1S/C19H17F3N2O7/c1-23(9-11-4-3-5-12(20)6-11)17(25)10-30-18(26)13-7-15(29-2)16(31-19(21)22)8-14(13)24(27)28/h3-8,19H,9-10H2,1-2H3. The molecule has 0 saturated heterocycles. The molecule has 0 aliphatic rings. The van der Waals surface area contributed by atoms with Crippen LogP contribution in [0.1, 0.15) is 15.9 Å². The van der Waals surface area contributed by atoms with Crippen molar-refractivity contribution in [2.24, 2.45) is 0 Å². The summed E-state index contributed by atoms with van der Waals surface area (Å²) in [7, 11) is 2.47. The number of carbonyl (C=O) groups is 2. The van der Waals surface area contributed by atoms with Gasteiger partial charge in [-0.2, -0.15) is 8.78 Å². The maximum absolute atomic E-state index is 13.2. The minimum Gasteiger partial charge on any atom is -0.493 e. The van der Waals surface area contributed by atoms with E-state index in [1.807, 2.05) is 0 Å². The first kappa shape index (κ1) is 23.4. The number of nitrogens with zero attached hydrogens (tertiary/aromatic N) is 2. The number of carbonyl (C=O) groups excluding carboxylic acids is 2. The molecular weight excluding hydrogens is 425 g/mol. The summed E-state index contributed by atoms with van der Waals surface area (Å²) in [4.78, 5) is 35.9. The Morgan fingerprint density at radius 2 is 1.90 bits per heavy atom. The molecule has 0 atom stereocenters. The first-order valence-corrected chi connectivity index (χ1v) is 8.59. The summed E-state index contributed by atoms with van der Waals surface area (Å²) in [5, 5.41) is 11.2. The van der Waals surface area contributed by atoms with Crippen LogP contribution in [0.15, 0.2) is 36.4 Å². The molecule has 0 unspecified atom stereocenters. The van der Waals surface area contributed by atoms with Crippen molar-refractivity contribution in [2.75, 3.05) is 20.8 Å². The molecule has 166 valence electrons. The number of benzene rings is 2. The number of likely N-dealkylation sites (N-methyl/N-ethyl adjacent to an activating group) is 1. The third-order valence-electron chi connectivity index (χ3n) is 3.98. The van der Waals surface area contributed by atoms with Crippen molar-refractivity contribution >= 4 is 17.6 Å². The van der Waals surface area contributed by atoms with Crippen LogP contribution in [0.2, 0.25) is 0 Å². The number of hydrogen-bond acceptors (Lipinski definition) is 7. The number of rotatable bonds is 9. The maximum atomic E-state index is 13.2. The molecule has 9 nitrogen and oxygen atoms in total. The van der Waals surface area contributed by atoms with E-state index in [-0.39, 0.29) is 12.3 Å². The minimum atomic E-state index is -3.28. The molecule has 0 fully saturated rings. The number of methoxy groups -OCH3 is 1. The molecule has 0 N–H and O–H groups in total. The summed E-state index contributed by atoms with van der Waals surface area (Å²) in [5.41, 5.74) is -0.997. The third kappa shape index (κ3) is 6.32. The molecule has 0 aliphatic carbocycles. The van der Waals surface area contributed by atoms with Crippen molar-refractivity contribution < 1.29 is 41.9 Å². The molecule has 0 aromatic heterocycles. The van der Waals surface area contributed by atoms with E-state index < -0.39 is 52.8 Å². The summed E-state index contributed by atoms with van der Waals surface area (Å²) in [6.45, 7) is -4.01. The van der Waals surface area contributed by atoms with Gasteiger partial charge in [0.1, 0.15) is 11.4 Å². The van der Waals surface area contributed by atoms with Gasteiger partial charge >= 0.3 is 12.6 Å². The summed E-state index contributed by atoms with van der Waals surface area (Å²) in [6, 6.07) is 6.94. The second-order valence-corrected chi connectivity index (χ2v) is 6.11. The van der Waals surface area contributed by atoms with Crippen LogP contribution in [0.5, 0.6) is 11.5 Å². The predicted molar refractivity (Wildman–Crippen MR) is 99.4 cm³/mol. The van der Waals surface area contributed by atoms with E-state index in [1.54, 1.807) is 6.07 Å². The highest BCUT2D eigenvalue weighted by Crippen LogP contribution is 2.36. The maximum Gasteiger partial charge on any atom is 0.387 e. The van der Waals surface area contributed by atoms with Gasteiger partial charge in [0.25, 0.3) is 11.6 Å². The molecule has 0 saturated carbocycles. The van der Waals surface area contributed by atoms with Crippen LogP contribution >= 0.6 is 0 Å². The van der Waals surface area contributed by atoms with E-state index in [1.165, 1.54) is 25.2 Å². The highest BCUT2D eigenvalue weighted by atomic mass is 19.3. The van der Waals surface area contributed by atoms with Crippen molar-refractivity contribution in [3.8, 4) is 11.5 Å². The number of halogens is 3. The van der Waals surface area contributed by atoms with Crippen molar-refractivity contribution in [2.45, 2.75) is 13.2 Å². The lowest BCUT2D eigenvalue weighted by molar-refractivity contribution is -0.385. The monoisotopic (exact) mass is 442 g/mol. The van der Waals surface area contributed by atoms with Crippen LogP contribution in [-0.4, -0.2) is 49.1 Å². The van der Waals surface area contributed by atoms with Gasteiger partial charge in [-0.05, 0) is 17.7 Å². The topological polar surface area (TPSA) is 108 Å². The summed E-state index contributed by atoms with van der Waals surface area (Å²) in [6.07, 6.45) is 0. The van der Waals surface area contributed by atoms with Gasteiger partial charge in [-0.15, -0.1) is 0 Å². The Morgan fingerprint density at radius 3 is 2.48 bits per heavy atom. The van der Waals surface area contributed by atoms with Gasteiger partial charge in [0, 0.05) is 19.7 Å². The fourth-order valence-corrected chi connectivity index (χ4v) is 2.52. The number of esters is 1. The summed E-state index contributed by atoms with van der Waals surface area (Å²) in [5.74, 6) is -3.41. The molecule has 12 heteroatoms. The molecular formula is C19H17F3N2O7. The first-order valence-electron chi connectivity index (χ1n) is 8.59. The fourth-order valence-electron chi connectivity index (χ4n) is 2.52. The van der Waals surface area contributed by atoms with Crippen LogP contribution < -0.4 is 9.47 Å². The number of amides is 1. The van der Waals surface area contributed by atoms with Crippen molar-refractivity contribution in [3.05, 3.63) is 63.5 Å². The largest absolute Gasteiger partial charge is 0.493 e. The lowest BCUT2D eigenvalue weighted by Crippen LogP contribution is -2.31. The van der Waals surface area contributed by atoms with Gasteiger partial charge in [-0.3, -0.25) is 14.9 Å². The second-order valence-electron chi connectivity index (χ2n) is 6.11. The zero-order valence-electron chi connectivity index (χ0n) is 16.3. The van der Waals surface area contributed by atoms with Gasteiger partial charge in [0.05, 0.1) is 18.1 Å². The van der Waals surface area contributed by atoms with Crippen LogP contribution in [0.25, 0.3) is 0 Å². The summed E-state index contributed by atoms with van der Waals surface area (Å²) >= 11 is 0. The molecule has 0 bridgehead atoms. The van der Waals surface area contributed by atoms with Crippen LogP contribution in [0, 0.1) is 15.9 Å². The zero-order valence-corrected chi connectivity index (χ0v) is 16.3. The molecule has 2 aromatic rings. The fraction of sp³-hybridized carbons (Fsp3) is 0.263. The van der Waals surface area contributed by atoms with E-state index in [4.69, 9.17) is 9.47 Å². The average Bonchev–Trinajstić information content (AvgIpc) is 2.70. The third-order valence-corrected chi connectivity index (χ3v) is 3.98.